The highest BCUT2D eigenvalue weighted by atomic mass is 16.5. The molecular formula is C43H38N6O6. The van der Waals surface area contributed by atoms with Crippen molar-refractivity contribution in [3.8, 4) is 28.1 Å². The molecule has 1 aliphatic carbocycles. The number of esters is 1. The Bertz CT molecular complexity index is 2710. The maximum absolute atomic E-state index is 14.5. The number of ether oxygens (including phenoxy) is 2. The van der Waals surface area contributed by atoms with Crippen molar-refractivity contribution >= 4 is 56.6 Å². The number of fused-ring (bicyclic) bond motifs is 5. The summed E-state index contributed by atoms with van der Waals surface area (Å²) in [6.45, 7) is 5.68. The molecule has 0 radical (unpaired) electrons. The number of nitrogens with zero attached hydrogens (tertiary/aromatic N) is 3. The summed E-state index contributed by atoms with van der Waals surface area (Å²) in [4.78, 5) is 53.7. The quantitative estimate of drug-likeness (QED) is 0.130. The SMILES string of the molecule is COC(=O)CCNC(=O)C1(NC(=O)c2ccc(-c3nc(C)nc4[nH]c5cc(-c6c(C)noc6C)c(OC)cc5c34)c3ccccc23)CC=Cc2ccccc21. The predicted octanol–water partition coefficient (Wildman–Crippen LogP) is 7.24. The van der Waals surface area contributed by atoms with Gasteiger partial charge in [0.25, 0.3) is 11.8 Å². The lowest BCUT2D eigenvalue weighted by molar-refractivity contribution is -0.140. The molecule has 3 heterocycles. The fourth-order valence-corrected chi connectivity index (χ4v) is 7.75. The van der Waals surface area contributed by atoms with Gasteiger partial charge >= 0.3 is 5.97 Å². The summed E-state index contributed by atoms with van der Waals surface area (Å²) in [6.07, 6.45) is 4.03. The van der Waals surface area contributed by atoms with Gasteiger partial charge < -0.3 is 29.6 Å². The molecule has 2 amide bonds. The van der Waals surface area contributed by atoms with Gasteiger partial charge in [0, 0.05) is 40.6 Å². The number of H-pyrrole nitrogens is 1. The van der Waals surface area contributed by atoms with Gasteiger partial charge in [-0.05, 0) is 60.9 Å². The van der Waals surface area contributed by atoms with Crippen molar-refractivity contribution in [2.75, 3.05) is 20.8 Å². The summed E-state index contributed by atoms with van der Waals surface area (Å²) in [7, 11) is 2.93. The smallest absolute Gasteiger partial charge is 0.307 e. The van der Waals surface area contributed by atoms with E-state index in [1.54, 1.807) is 13.2 Å². The lowest BCUT2D eigenvalue weighted by Gasteiger charge is -2.36. The van der Waals surface area contributed by atoms with E-state index in [9.17, 15) is 14.4 Å². The molecule has 3 N–H and O–H groups in total. The first kappa shape index (κ1) is 35.2. The van der Waals surface area contributed by atoms with Crippen LogP contribution in [0.15, 0.2) is 83.4 Å². The summed E-state index contributed by atoms with van der Waals surface area (Å²) < 4.78 is 16.1. The van der Waals surface area contributed by atoms with E-state index in [0.29, 0.717) is 45.2 Å². The third-order valence-corrected chi connectivity index (χ3v) is 10.3. The van der Waals surface area contributed by atoms with Gasteiger partial charge in [0.15, 0.2) is 0 Å². The van der Waals surface area contributed by atoms with Gasteiger partial charge in [0.05, 0.1) is 43.0 Å². The van der Waals surface area contributed by atoms with E-state index in [0.717, 1.165) is 49.6 Å². The molecular weight excluding hydrogens is 697 g/mol. The van der Waals surface area contributed by atoms with Gasteiger partial charge in [0.2, 0.25) is 0 Å². The van der Waals surface area contributed by atoms with Crippen LogP contribution in [0.4, 0.5) is 0 Å². The molecule has 0 saturated carbocycles. The van der Waals surface area contributed by atoms with Crippen LogP contribution >= 0.6 is 0 Å². The zero-order valence-electron chi connectivity index (χ0n) is 31.0. The highest BCUT2D eigenvalue weighted by molar-refractivity contribution is 6.18. The third kappa shape index (κ3) is 5.95. The lowest BCUT2D eigenvalue weighted by atomic mass is 9.78. The molecule has 0 fully saturated rings. The number of benzene rings is 4. The largest absolute Gasteiger partial charge is 0.496 e. The molecule has 8 rings (SSSR count). The van der Waals surface area contributed by atoms with Crippen LogP contribution in [0.25, 0.3) is 61.2 Å². The van der Waals surface area contributed by atoms with E-state index in [2.05, 4.69) is 20.8 Å². The average Bonchev–Trinajstić information content (AvgIpc) is 3.73. The van der Waals surface area contributed by atoms with E-state index in [-0.39, 0.29) is 19.4 Å². The Morgan fingerprint density at radius 2 is 1.69 bits per heavy atom. The highest BCUT2D eigenvalue weighted by Gasteiger charge is 2.43. The minimum atomic E-state index is -1.43. The Kier molecular flexibility index (Phi) is 8.88. The number of nitrogens with one attached hydrogen (secondary N) is 3. The van der Waals surface area contributed by atoms with Crippen molar-refractivity contribution in [3.05, 3.63) is 113 Å². The summed E-state index contributed by atoms with van der Waals surface area (Å²) in [5.41, 5.74) is 5.89. The molecule has 4 aromatic carbocycles. The molecule has 55 heavy (non-hydrogen) atoms. The number of hydrogen-bond acceptors (Lipinski definition) is 9. The number of hydrogen-bond donors (Lipinski definition) is 3. The van der Waals surface area contributed by atoms with Crippen molar-refractivity contribution < 1.29 is 28.4 Å². The van der Waals surface area contributed by atoms with E-state index in [1.165, 1.54) is 7.11 Å². The molecule has 7 aromatic rings. The molecule has 1 aliphatic rings. The molecule has 1 unspecified atom stereocenters. The lowest BCUT2D eigenvalue weighted by Crippen LogP contribution is -2.57. The Morgan fingerprint density at radius 1 is 0.909 bits per heavy atom. The average molecular weight is 735 g/mol. The number of rotatable bonds is 9. The second kappa shape index (κ2) is 13.9. The molecule has 3 aromatic heterocycles. The molecule has 276 valence electrons. The fraction of sp³-hybridized carbons (Fsp3) is 0.209. The second-order valence-corrected chi connectivity index (χ2v) is 13.6. The number of amides is 2. The number of aromatic amines is 1. The molecule has 1 atom stereocenters. The minimum absolute atomic E-state index is 0.00276. The van der Waals surface area contributed by atoms with E-state index in [1.807, 2.05) is 99.7 Å². The van der Waals surface area contributed by atoms with Crippen LogP contribution in [0.1, 0.15) is 51.6 Å². The van der Waals surface area contributed by atoms with Gasteiger partial charge in [-0.2, -0.15) is 0 Å². The number of aromatic nitrogens is 4. The molecule has 0 bridgehead atoms. The summed E-state index contributed by atoms with van der Waals surface area (Å²) in [5, 5.41) is 13.3. The summed E-state index contributed by atoms with van der Waals surface area (Å²) in [6, 6.07) is 22.8. The van der Waals surface area contributed by atoms with Crippen LogP contribution < -0.4 is 15.4 Å². The molecule has 0 aliphatic heterocycles. The maximum Gasteiger partial charge on any atom is 0.307 e. The zero-order valence-corrected chi connectivity index (χ0v) is 31.0. The fourth-order valence-electron chi connectivity index (χ4n) is 7.75. The highest BCUT2D eigenvalue weighted by Crippen LogP contribution is 2.43. The van der Waals surface area contributed by atoms with Crippen molar-refractivity contribution in [3.63, 3.8) is 0 Å². The van der Waals surface area contributed by atoms with E-state index < -0.39 is 23.3 Å². The summed E-state index contributed by atoms with van der Waals surface area (Å²) in [5.74, 6) is 0.610. The number of methoxy groups -OCH3 is 2. The van der Waals surface area contributed by atoms with Crippen LogP contribution in [0.3, 0.4) is 0 Å². The van der Waals surface area contributed by atoms with Crippen LogP contribution in [0.2, 0.25) is 0 Å². The van der Waals surface area contributed by atoms with Crippen LogP contribution in [-0.4, -0.2) is 58.7 Å². The Labute approximate surface area is 315 Å². The minimum Gasteiger partial charge on any atom is -0.496 e. The van der Waals surface area contributed by atoms with Crippen LogP contribution in [-0.2, 0) is 19.9 Å². The first-order valence-corrected chi connectivity index (χ1v) is 17.9. The molecule has 12 nitrogen and oxygen atoms in total. The van der Waals surface area contributed by atoms with Crippen molar-refractivity contribution in [2.45, 2.75) is 39.2 Å². The van der Waals surface area contributed by atoms with Crippen molar-refractivity contribution in [1.82, 2.24) is 30.7 Å². The van der Waals surface area contributed by atoms with Crippen LogP contribution in [0, 0.1) is 20.8 Å². The van der Waals surface area contributed by atoms with Crippen molar-refractivity contribution in [1.29, 1.82) is 0 Å². The number of carbonyl (C=O) groups is 3. The topological polar surface area (TPSA) is 161 Å². The number of carbonyl (C=O) groups excluding carboxylic acids is 3. The van der Waals surface area contributed by atoms with E-state index >= 15 is 0 Å². The first-order valence-electron chi connectivity index (χ1n) is 17.9. The molecule has 0 saturated heterocycles. The number of aryl methyl sites for hydroxylation is 3. The van der Waals surface area contributed by atoms with Gasteiger partial charge in [-0.25, -0.2) is 9.97 Å². The van der Waals surface area contributed by atoms with E-state index in [4.69, 9.17) is 24.0 Å². The molecule has 0 spiro atoms. The standard InChI is InChI=1S/C43H38N6O6/c1-23-37(24(2)55-49-23)32-21-34-31(22-35(32)53-4)38-39(45-25(3)46-40(38)47-34)29-16-17-30(28-14-8-7-13-27(28)29)41(51)48-43(42(52)44-20-18-36(50)54-5)19-10-12-26-11-6-9-15-33(26)43/h6-17,21-22H,18-20H2,1-5H3,(H,44,52)(H,48,51)(H,45,46,47). The second-order valence-electron chi connectivity index (χ2n) is 13.6. The Morgan fingerprint density at radius 3 is 2.45 bits per heavy atom. The monoisotopic (exact) mass is 734 g/mol. The van der Waals surface area contributed by atoms with Crippen LogP contribution in [0.5, 0.6) is 5.75 Å². The van der Waals surface area contributed by atoms with Crippen molar-refractivity contribution in [2.24, 2.45) is 0 Å². The summed E-state index contributed by atoms with van der Waals surface area (Å²) >= 11 is 0. The normalized spacial score (nSPS) is 14.9. The maximum atomic E-state index is 14.5. The first-order chi connectivity index (χ1) is 26.6. The predicted molar refractivity (Wildman–Crippen MR) is 209 cm³/mol. The third-order valence-electron chi connectivity index (χ3n) is 10.3. The van der Waals surface area contributed by atoms with Gasteiger partial charge in [-0.3, -0.25) is 14.4 Å². The Hall–Kier alpha value is -6.82. The van der Waals surface area contributed by atoms with Gasteiger partial charge in [-0.15, -0.1) is 0 Å². The Balaban J connectivity index is 1.24. The molecule has 12 heteroatoms. The van der Waals surface area contributed by atoms with Gasteiger partial charge in [-0.1, -0.05) is 71.9 Å². The van der Waals surface area contributed by atoms with Gasteiger partial charge in [0.1, 0.15) is 28.5 Å². The zero-order chi connectivity index (χ0) is 38.4.